The number of hydrogen-bond donors (Lipinski definition) is 1. The molecule has 0 bridgehead atoms. The number of amides is 1. The monoisotopic (exact) mass is 248 g/mol. The molecule has 1 fully saturated rings. The standard InChI is InChI=1S/C14H20N2O2/c1-15-10-14(8-9-14)13(17)16(2)11-6-4-5-7-12(11)18-3/h4-7,15H,8-10H2,1-3H3. The lowest BCUT2D eigenvalue weighted by atomic mass is 10.1. The number of anilines is 1. The second kappa shape index (κ2) is 4.98. The van der Waals surface area contributed by atoms with Gasteiger partial charge in [0, 0.05) is 13.6 Å². The zero-order valence-corrected chi connectivity index (χ0v) is 11.2. The number of methoxy groups -OCH3 is 1. The van der Waals surface area contributed by atoms with Crippen molar-refractivity contribution in [2.45, 2.75) is 12.8 Å². The minimum atomic E-state index is -0.204. The van der Waals surface area contributed by atoms with Crippen LogP contribution in [0.25, 0.3) is 0 Å². The largest absolute Gasteiger partial charge is 0.495 e. The first kappa shape index (κ1) is 12.9. The van der Waals surface area contributed by atoms with Gasteiger partial charge in [-0.15, -0.1) is 0 Å². The Balaban J connectivity index is 2.21. The van der Waals surface area contributed by atoms with E-state index in [0.29, 0.717) is 0 Å². The molecule has 0 aromatic heterocycles. The fraction of sp³-hybridized carbons (Fsp3) is 0.500. The number of para-hydroxylation sites is 2. The first-order valence-electron chi connectivity index (χ1n) is 6.20. The highest BCUT2D eigenvalue weighted by atomic mass is 16.5. The molecule has 1 saturated carbocycles. The van der Waals surface area contributed by atoms with E-state index >= 15 is 0 Å². The molecule has 0 aliphatic heterocycles. The van der Waals surface area contributed by atoms with Gasteiger partial charge in [-0.3, -0.25) is 4.79 Å². The molecule has 1 aromatic carbocycles. The summed E-state index contributed by atoms with van der Waals surface area (Å²) in [6.45, 7) is 0.741. The van der Waals surface area contributed by atoms with Gasteiger partial charge in [0.15, 0.2) is 0 Å². The Labute approximate surface area is 108 Å². The summed E-state index contributed by atoms with van der Waals surface area (Å²) in [6, 6.07) is 7.60. The van der Waals surface area contributed by atoms with Gasteiger partial charge in [0.2, 0.25) is 5.91 Å². The van der Waals surface area contributed by atoms with Crippen molar-refractivity contribution in [3.05, 3.63) is 24.3 Å². The molecule has 0 heterocycles. The Morgan fingerprint density at radius 3 is 2.67 bits per heavy atom. The van der Waals surface area contributed by atoms with Gasteiger partial charge in [-0.05, 0) is 32.0 Å². The van der Waals surface area contributed by atoms with Crippen LogP contribution in [0.4, 0.5) is 5.69 Å². The minimum Gasteiger partial charge on any atom is -0.495 e. The van der Waals surface area contributed by atoms with Crippen LogP contribution in [0.5, 0.6) is 5.75 Å². The van der Waals surface area contributed by atoms with E-state index in [9.17, 15) is 4.79 Å². The summed E-state index contributed by atoms with van der Waals surface area (Å²) in [5.74, 6) is 0.898. The Kier molecular flexibility index (Phi) is 3.57. The molecular formula is C14H20N2O2. The van der Waals surface area contributed by atoms with Crippen molar-refractivity contribution in [1.29, 1.82) is 0 Å². The highest BCUT2D eigenvalue weighted by Crippen LogP contribution is 2.47. The number of ether oxygens (including phenoxy) is 1. The van der Waals surface area contributed by atoms with E-state index < -0.39 is 0 Å². The maximum Gasteiger partial charge on any atom is 0.234 e. The Hall–Kier alpha value is -1.55. The normalized spacial score (nSPS) is 16.2. The SMILES string of the molecule is CNCC1(C(=O)N(C)c2ccccc2OC)CC1. The van der Waals surface area contributed by atoms with Crippen LogP contribution in [-0.2, 0) is 4.79 Å². The van der Waals surface area contributed by atoms with E-state index in [2.05, 4.69) is 5.32 Å². The van der Waals surface area contributed by atoms with Crippen LogP contribution in [0, 0.1) is 5.41 Å². The fourth-order valence-electron chi connectivity index (χ4n) is 2.33. The van der Waals surface area contributed by atoms with Crippen LogP contribution >= 0.6 is 0 Å². The number of carbonyl (C=O) groups excluding carboxylic acids is 1. The first-order valence-corrected chi connectivity index (χ1v) is 6.20. The lowest BCUT2D eigenvalue weighted by molar-refractivity contribution is -0.123. The van der Waals surface area contributed by atoms with Crippen molar-refractivity contribution in [3.63, 3.8) is 0 Å². The summed E-state index contributed by atoms with van der Waals surface area (Å²) in [5, 5.41) is 3.11. The quantitative estimate of drug-likeness (QED) is 0.861. The number of benzene rings is 1. The van der Waals surface area contributed by atoms with Crippen LogP contribution < -0.4 is 15.0 Å². The molecule has 1 N–H and O–H groups in total. The van der Waals surface area contributed by atoms with Crippen LogP contribution in [0.3, 0.4) is 0 Å². The summed E-state index contributed by atoms with van der Waals surface area (Å²) < 4.78 is 5.30. The van der Waals surface area contributed by atoms with Gasteiger partial charge in [0.1, 0.15) is 5.75 Å². The fourth-order valence-corrected chi connectivity index (χ4v) is 2.33. The second-order valence-electron chi connectivity index (χ2n) is 4.85. The lowest BCUT2D eigenvalue weighted by Crippen LogP contribution is -2.39. The number of nitrogens with zero attached hydrogens (tertiary/aromatic N) is 1. The molecule has 98 valence electrons. The van der Waals surface area contributed by atoms with E-state index in [1.54, 1.807) is 12.0 Å². The van der Waals surface area contributed by atoms with Crippen molar-refractivity contribution in [2.24, 2.45) is 5.41 Å². The zero-order valence-electron chi connectivity index (χ0n) is 11.2. The molecule has 4 heteroatoms. The third kappa shape index (κ3) is 2.20. The van der Waals surface area contributed by atoms with Crippen molar-refractivity contribution in [2.75, 3.05) is 32.6 Å². The van der Waals surface area contributed by atoms with E-state index in [4.69, 9.17) is 4.74 Å². The maximum atomic E-state index is 12.5. The molecule has 2 rings (SSSR count). The van der Waals surface area contributed by atoms with Crippen LogP contribution in [0.2, 0.25) is 0 Å². The summed E-state index contributed by atoms with van der Waals surface area (Å²) >= 11 is 0. The average Bonchev–Trinajstić information content (AvgIpc) is 3.18. The Bertz CT molecular complexity index is 441. The highest BCUT2D eigenvalue weighted by molar-refractivity contribution is 6.00. The molecule has 1 aliphatic carbocycles. The molecule has 1 amide bonds. The molecule has 0 saturated heterocycles. The summed E-state index contributed by atoms with van der Waals surface area (Å²) in [4.78, 5) is 14.2. The minimum absolute atomic E-state index is 0.168. The molecule has 1 aliphatic rings. The first-order chi connectivity index (χ1) is 8.64. The van der Waals surface area contributed by atoms with Crippen molar-refractivity contribution in [1.82, 2.24) is 5.32 Å². The zero-order chi connectivity index (χ0) is 13.2. The van der Waals surface area contributed by atoms with Gasteiger partial charge in [-0.2, -0.15) is 0 Å². The van der Waals surface area contributed by atoms with Crippen LogP contribution in [-0.4, -0.2) is 33.7 Å². The highest BCUT2D eigenvalue weighted by Gasteiger charge is 2.50. The number of rotatable bonds is 5. The van der Waals surface area contributed by atoms with E-state index in [0.717, 1.165) is 30.8 Å². The predicted molar refractivity (Wildman–Crippen MR) is 72.0 cm³/mol. The number of carbonyl (C=O) groups is 1. The van der Waals surface area contributed by atoms with E-state index in [1.807, 2.05) is 38.4 Å². The molecule has 0 atom stereocenters. The molecule has 0 unspecified atom stereocenters. The summed E-state index contributed by atoms with van der Waals surface area (Å²) in [7, 11) is 5.32. The molecule has 1 aromatic rings. The maximum absolute atomic E-state index is 12.5. The van der Waals surface area contributed by atoms with Gasteiger partial charge in [-0.1, -0.05) is 12.1 Å². The van der Waals surface area contributed by atoms with Gasteiger partial charge < -0.3 is 15.0 Å². The molecule has 0 spiro atoms. The molecule has 0 radical (unpaired) electrons. The number of hydrogen-bond acceptors (Lipinski definition) is 3. The van der Waals surface area contributed by atoms with E-state index in [-0.39, 0.29) is 11.3 Å². The predicted octanol–water partition coefficient (Wildman–Crippen LogP) is 1.66. The summed E-state index contributed by atoms with van der Waals surface area (Å²) in [6.07, 6.45) is 1.93. The summed E-state index contributed by atoms with van der Waals surface area (Å²) in [5.41, 5.74) is 0.622. The lowest BCUT2D eigenvalue weighted by Gasteiger charge is -2.24. The van der Waals surface area contributed by atoms with Gasteiger partial charge in [0.25, 0.3) is 0 Å². The van der Waals surface area contributed by atoms with Crippen LogP contribution in [0.15, 0.2) is 24.3 Å². The van der Waals surface area contributed by atoms with Crippen molar-refractivity contribution < 1.29 is 9.53 Å². The van der Waals surface area contributed by atoms with Crippen molar-refractivity contribution >= 4 is 11.6 Å². The smallest absolute Gasteiger partial charge is 0.234 e. The average molecular weight is 248 g/mol. The van der Waals surface area contributed by atoms with Gasteiger partial charge >= 0.3 is 0 Å². The van der Waals surface area contributed by atoms with E-state index in [1.165, 1.54) is 0 Å². The van der Waals surface area contributed by atoms with Crippen molar-refractivity contribution in [3.8, 4) is 5.75 Å². The Morgan fingerprint density at radius 2 is 2.11 bits per heavy atom. The number of nitrogens with one attached hydrogen (secondary N) is 1. The van der Waals surface area contributed by atoms with Gasteiger partial charge in [-0.25, -0.2) is 0 Å². The molecule has 4 nitrogen and oxygen atoms in total. The third-order valence-electron chi connectivity index (χ3n) is 3.57. The van der Waals surface area contributed by atoms with Gasteiger partial charge in [0.05, 0.1) is 18.2 Å². The Morgan fingerprint density at radius 1 is 1.44 bits per heavy atom. The molecule has 18 heavy (non-hydrogen) atoms. The molecular weight excluding hydrogens is 228 g/mol. The van der Waals surface area contributed by atoms with Crippen LogP contribution in [0.1, 0.15) is 12.8 Å². The topological polar surface area (TPSA) is 41.6 Å². The second-order valence-corrected chi connectivity index (χ2v) is 4.85. The third-order valence-corrected chi connectivity index (χ3v) is 3.57.